The van der Waals surface area contributed by atoms with Gasteiger partial charge < -0.3 is 15.0 Å². The predicted molar refractivity (Wildman–Crippen MR) is 106 cm³/mol. The first-order chi connectivity index (χ1) is 13.4. The molecule has 0 heterocycles. The molecule has 0 aliphatic carbocycles. The minimum Gasteiger partial charge on any atom is -0.452 e. The summed E-state index contributed by atoms with van der Waals surface area (Å²) < 4.78 is 5.09. The van der Waals surface area contributed by atoms with Crippen LogP contribution in [0.1, 0.15) is 15.9 Å². The minimum atomic E-state index is -0.652. The molecule has 2 rings (SSSR count). The number of carbonyl (C=O) groups excluding carboxylic acids is 3. The van der Waals surface area contributed by atoms with Gasteiger partial charge >= 0.3 is 5.97 Å². The zero-order valence-electron chi connectivity index (χ0n) is 15.5. The quantitative estimate of drug-likeness (QED) is 0.569. The number of esters is 1. The molecule has 0 radical (unpaired) electrons. The number of thioether (sulfide) groups is 1. The molecule has 28 heavy (non-hydrogen) atoms. The topological polar surface area (TPSA) is 99.5 Å². The molecular formula is C20H19N3O4S. The molecule has 0 aliphatic rings. The van der Waals surface area contributed by atoms with Crippen LogP contribution in [0, 0.1) is 11.3 Å². The largest absolute Gasteiger partial charge is 0.452 e. The Balaban J connectivity index is 1.94. The van der Waals surface area contributed by atoms with Crippen molar-refractivity contribution in [2.45, 2.75) is 4.90 Å². The van der Waals surface area contributed by atoms with Crippen LogP contribution in [0.2, 0.25) is 0 Å². The highest BCUT2D eigenvalue weighted by atomic mass is 32.2. The van der Waals surface area contributed by atoms with Crippen LogP contribution in [0.15, 0.2) is 53.4 Å². The molecule has 7 nitrogen and oxygen atoms in total. The fourth-order valence-corrected chi connectivity index (χ4v) is 3.12. The van der Waals surface area contributed by atoms with Crippen LogP contribution in [0.4, 0.5) is 5.69 Å². The molecule has 1 N–H and O–H groups in total. The molecule has 0 spiro atoms. The van der Waals surface area contributed by atoms with Gasteiger partial charge in [0, 0.05) is 24.7 Å². The van der Waals surface area contributed by atoms with Crippen LogP contribution in [0.25, 0.3) is 0 Å². The van der Waals surface area contributed by atoms with Gasteiger partial charge in [-0.05, 0) is 30.3 Å². The molecule has 2 amide bonds. The number of rotatable bonds is 7. The first-order valence-corrected chi connectivity index (χ1v) is 9.28. The van der Waals surface area contributed by atoms with Crippen molar-refractivity contribution in [2.24, 2.45) is 0 Å². The van der Waals surface area contributed by atoms with Gasteiger partial charge in [-0.2, -0.15) is 5.26 Å². The van der Waals surface area contributed by atoms with E-state index in [1.807, 2.05) is 6.07 Å². The average Bonchev–Trinajstić information content (AvgIpc) is 2.70. The van der Waals surface area contributed by atoms with Gasteiger partial charge in [-0.25, -0.2) is 4.79 Å². The molecular weight excluding hydrogens is 378 g/mol. The minimum absolute atomic E-state index is 0.0767. The summed E-state index contributed by atoms with van der Waals surface area (Å²) in [5, 5.41) is 11.4. The van der Waals surface area contributed by atoms with Crippen LogP contribution in [0.3, 0.4) is 0 Å². The van der Waals surface area contributed by atoms with Crippen molar-refractivity contribution in [3.8, 4) is 6.07 Å². The number of anilines is 1. The number of ether oxygens (including phenoxy) is 1. The lowest BCUT2D eigenvalue weighted by molar-refractivity contribution is -0.125. The number of hydrogen-bond donors (Lipinski definition) is 1. The van der Waals surface area contributed by atoms with E-state index in [2.05, 4.69) is 5.32 Å². The van der Waals surface area contributed by atoms with Crippen molar-refractivity contribution in [1.29, 1.82) is 5.26 Å². The Bertz CT molecular complexity index is 922. The third-order valence-corrected chi connectivity index (χ3v) is 4.62. The second-order valence-electron chi connectivity index (χ2n) is 5.89. The Labute approximate surface area is 167 Å². The number of amides is 2. The average molecular weight is 397 g/mol. The lowest BCUT2D eigenvalue weighted by Gasteiger charge is -2.12. The van der Waals surface area contributed by atoms with E-state index in [-0.39, 0.29) is 11.7 Å². The van der Waals surface area contributed by atoms with Gasteiger partial charge in [-0.15, -0.1) is 11.8 Å². The van der Waals surface area contributed by atoms with E-state index >= 15 is 0 Å². The first kappa shape index (κ1) is 21.0. The molecule has 2 aromatic rings. The standard InChI is InChI=1S/C20H19N3O4S/c1-23(2)19(25)13-28-17-9-4-3-8-16(17)20(26)27-12-18(24)22-15-7-5-6-14(10-15)11-21/h3-10H,12-13H2,1-2H3,(H,22,24). The third kappa shape index (κ3) is 6.14. The normalized spacial score (nSPS) is 9.89. The molecule has 2 aromatic carbocycles. The van der Waals surface area contributed by atoms with Crippen LogP contribution in [-0.4, -0.2) is 49.1 Å². The monoisotopic (exact) mass is 397 g/mol. The van der Waals surface area contributed by atoms with E-state index in [1.165, 1.54) is 22.7 Å². The number of benzene rings is 2. The second-order valence-corrected chi connectivity index (χ2v) is 6.91. The van der Waals surface area contributed by atoms with Crippen LogP contribution < -0.4 is 5.32 Å². The Morgan fingerprint density at radius 1 is 1.14 bits per heavy atom. The number of hydrogen-bond acceptors (Lipinski definition) is 6. The number of nitrogens with zero attached hydrogens (tertiary/aromatic N) is 2. The molecule has 0 bridgehead atoms. The summed E-state index contributed by atoms with van der Waals surface area (Å²) in [4.78, 5) is 38.2. The van der Waals surface area contributed by atoms with E-state index in [4.69, 9.17) is 10.00 Å². The predicted octanol–water partition coefficient (Wildman–Crippen LogP) is 2.53. The number of nitriles is 1. The Hall–Kier alpha value is -3.31. The lowest BCUT2D eigenvalue weighted by Crippen LogP contribution is -2.23. The first-order valence-electron chi connectivity index (χ1n) is 8.30. The maximum atomic E-state index is 12.3. The Morgan fingerprint density at radius 2 is 1.89 bits per heavy atom. The van der Waals surface area contributed by atoms with E-state index in [0.29, 0.717) is 21.7 Å². The van der Waals surface area contributed by atoms with Gasteiger partial charge in [0.25, 0.3) is 5.91 Å². The highest BCUT2D eigenvalue weighted by Gasteiger charge is 2.16. The second kappa shape index (κ2) is 10.1. The molecule has 0 aromatic heterocycles. The summed E-state index contributed by atoms with van der Waals surface area (Å²) in [5.41, 5.74) is 1.14. The third-order valence-electron chi connectivity index (χ3n) is 3.57. The number of carbonyl (C=O) groups is 3. The van der Waals surface area contributed by atoms with E-state index in [9.17, 15) is 14.4 Å². The smallest absolute Gasteiger partial charge is 0.339 e. The van der Waals surface area contributed by atoms with Gasteiger partial charge in [0.2, 0.25) is 5.91 Å². The fraction of sp³-hybridized carbons (Fsp3) is 0.200. The van der Waals surface area contributed by atoms with Crippen LogP contribution in [-0.2, 0) is 14.3 Å². The summed E-state index contributed by atoms with van der Waals surface area (Å²) in [6, 6.07) is 15.1. The Morgan fingerprint density at radius 3 is 2.61 bits per heavy atom. The maximum absolute atomic E-state index is 12.3. The molecule has 0 saturated heterocycles. The molecule has 0 aliphatic heterocycles. The van der Waals surface area contributed by atoms with Crippen LogP contribution >= 0.6 is 11.8 Å². The lowest BCUT2D eigenvalue weighted by atomic mass is 10.2. The summed E-state index contributed by atoms with van der Waals surface area (Å²) in [7, 11) is 3.32. The zero-order chi connectivity index (χ0) is 20.5. The highest BCUT2D eigenvalue weighted by molar-refractivity contribution is 8.00. The van der Waals surface area contributed by atoms with Gasteiger partial charge in [0.15, 0.2) is 6.61 Å². The van der Waals surface area contributed by atoms with Crippen molar-refractivity contribution in [3.63, 3.8) is 0 Å². The van der Waals surface area contributed by atoms with Crippen LogP contribution in [0.5, 0.6) is 0 Å². The highest BCUT2D eigenvalue weighted by Crippen LogP contribution is 2.23. The summed E-state index contributed by atoms with van der Waals surface area (Å²) in [6.45, 7) is -0.467. The van der Waals surface area contributed by atoms with Crippen molar-refractivity contribution < 1.29 is 19.1 Å². The molecule has 0 saturated carbocycles. The zero-order valence-corrected chi connectivity index (χ0v) is 16.3. The fourth-order valence-electron chi connectivity index (χ4n) is 2.10. The van der Waals surface area contributed by atoms with Gasteiger partial charge in [0.1, 0.15) is 0 Å². The molecule has 0 atom stereocenters. The van der Waals surface area contributed by atoms with Crippen molar-refractivity contribution >= 4 is 35.2 Å². The SMILES string of the molecule is CN(C)C(=O)CSc1ccccc1C(=O)OCC(=O)Nc1cccc(C#N)c1. The van der Waals surface area contributed by atoms with Crippen molar-refractivity contribution in [3.05, 3.63) is 59.7 Å². The van der Waals surface area contributed by atoms with Gasteiger partial charge in [-0.3, -0.25) is 9.59 Å². The van der Waals surface area contributed by atoms with E-state index in [1.54, 1.807) is 56.6 Å². The molecule has 0 unspecified atom stereocenters. The Kier molecular flexibility index (Phi) is 7.60. The maximum Gasteiger partial charge on any atom is 0.339 e. The summed E-state index contributed by atoms with van der Waals surface area (Å²) in [5.74, 6) is -1.06. The van der Waals surface area contributed by atoms with E-state index in [0.717, 1.165) is 0 Å². The molecule has 144 valence electrons. The summed E-state index contributed by atoms with van der Waals surface area (Å²) in [6.07, 6.45) is 0. The van der Waals surface area contributed by atoms with Gasteiger partial charge in [0.05, 0.1) is 22.9 Å². The van der Waals surface area contributed by atoms with Crippen molar-refractivity contribution in [1.82, 2.24) is 4.90 Å². The molecule has 0 fully saturated rings. The van der Waals surface area contributed by atoms with Gasteiger partial charge in [-0.1, -0.05) is 18.2 Å². The summed E-state index contributed by atoms with van der Waals surface area (Å²) >= 11 is 1.23. The number of nitrogens with one attached hydrogen (secondary N) is 1. The van der Waals surface area contributed by atoms with E-state index < -0.39 is 18.5 Å². The molecule has 8 heteroatoms. The van der Waals surface area contributed by atoms with Crippen molar-refractivity contribution in [2.75, 3.05) is 31.8 Å².